The summed E-state index contributed by atoms with van der Waals surface area (Å²) < 4.78 is 9.26. The number of ether oxygens (including phenoxy) is 2. The minimum atomic E-state index is -1.07. The van der Waals surface area contributed by atoms with Crippen molar-refractivity contribution in [3.8, 4) is 0 Å². The first-order valence-corrected chi connectivity index (χ1v) is 8.67. The van der Waals surface area contributed by atoms with E-state index in [-0.39, 0.29) is 16.1 Å². The maximum absolute atomic E-state index is 12.4. The summed E-state index contributed by atoms with van der Waals surface area (Å²) in [6.45, 7) is 3.66. The van der Waals surface area contributed by atoms with Gasteiger partial charge < -0.3 is 9.47 Å². The minimum Gasteiger partial charge on any atom is -0.465 e. The highest BCUT2D eigenvalue weighted by Gasteiger charge is 2.55. The molecule has 0 N–H and O–H groups in total. The van der Waals surface area contributed by atoms with Crippen molar-refractivity contribution in [1.82, 2.24) is 0 Å². The topological polar surface area (TPSA) is 52.6 Å². The van der Waals surface area contributed by atoms with Crippen LogP contribution >= 0.6 is 63.7 Å². The van der Waals surface area contributed by atoms with Crippen molar-refractivity contribution in [2.75, 3.05) is 6.61 Å². The van der Waals surface area contributed by atoms with Crippen LogP contribution in [0.5, 0.6) is 0 Å². The minimum absolute atomic E-state index is 0.220. The molecule has 0 radical (unpaired) electrons. The lowest BCUT2D eigenvalue weighted by Gasteiger charge is -2.40. The Kier molecular flexibility index (Phi) is 6.31. The van der Waals surface area contributed by atoms with E-state index in [0.717, 1.165) is 0 Å². The van der Waals surface area contributed by atoms with E-state index in [2.05, 4.69) is 63.7 Å². The van der Waals surface area contributed by atoms with Gasteiger partial charge in [-0.3, -0.25) is 9.59 Å². The molecule has 3 unspecified atom stereocenters. The second kappa shape index (κ2) is 6.65. The van der Waals surface area contributed by atoms with Crippen LogP contribution < -0.4 is 0 Å². The Bertz CT molecular complexity index is 345. The molecule has 0 amide bonds. The average molecular weight is 516 g/mol. The van der Waals surface area contributed by atoms with E-state index in [4.69, 9.17) is 9.47 Å². The molecule has 3 atom stereocenters. The zero-order chi connectivity index (χ0) is 14.1. The number of ketones is 1. The van der Waals surface area contributed by atoms with Crippen LogP contribution in [-0.2, 0) is 19.1 Å². The number of hydrogen-bond donors (Lipinski definition) is 0. The van der Waals surface area contributed by atoms with Crippen molar-refractivity contribution in [1.29, 1.82) is 0 Å². The van der Waals surface area contributed by atoms with Gasteiger partial charge in [-0.2, -0.15) is 0 Å². The molecule has 0 aromatic carbocycles. The zero-order valence-electron chi connectivity index (χ0n) is 9.66. The first-order valence-electron chi connectivity index (χ1n) is 5.25. The second-order valence-corrected chi connectivity index (χ2v) is 10.6. The maximum Gasteiger partial charge on any atom is 0.319 e. The van der Waals surface area contributed by atoms with Gasteiger partial charge in [-0.15, -0.1) is 0 Å². The number of Topliss-reactive ketones (excluding diaryl/α,β-unsaturated/α-hetero) is 1. The lowest BCUT2D eigenvalue weighted by atomic mass is 9.91. The fraction of sp³-hybridized carbons (Fsp3) is 0.800. The molecule has 18 heavy (non-hydrogen) atoms. The molecule has 0 aliphatic carbocycles. The molecule has 1 aliphatic heterocycles. The van der Waals surface area contributed by atoms with Gasteiger partial charge in [0.25, 0.3) is 0 Å². The molecular formula is C10H12Br4O4. The van der Waals surface area contributed by atoms with Crippen molar-refractivity contribution in [3.63, 3.8) is 0 Å². The highest BCUT2D eigenvalue weighted by molar-refractivity contribution is 9.26. The van der Waals surface area contributed by atoms with Crippen LogP contribution in [-0.4, -0.2) is 37.5 Å². The van der Waals surface area contributed by atoms with Gasteiger partial charge in [0, 0.05) is 0 Å². The Morgan fingerprint density at radius 1 is 1.50 bits per heavy atom. The Balaban J connectivity index is 3.06. The first-order chi connectivity index (χ1) is 8.23. The van der Waals surface area contributed by atoms with E-state index in [9.17, 15) is 9.59 Å². The molecule has 0 spiro atoms. The lowest BCUT2D eigenvalue weighted by molar-refractivity contribution is -0.166. The van der Waals surface area contributed by atoms with Crippen molar-refractivity contribution < 1.29 is 19.1 Å². The highest BCUT2D eigenvalue weighted by atomic mass is 79.9. The Morgan fingerprint density at radius 3 is 2.50 bits per heavy atom. The van der Waals surface area contributed by atoms with Crippen LogP contribution in [0.2, 0.25) is 0 Å². The molecule has 104 valence electrons. The smallest absolute Gasteiger partial charge is 0.319 e. The third kappa shape index (κ3) is 3.37. The molecule has 0 bridgehead atoms. The van der Waals surface area contributed by atoms with E-state index in [1.54, 1.807) is 13.8 Å². The number of carbonyl (C=O) groups is 2. The third-order valence-corrected chi connectivity index (χ3v) is 5.71. The van der Waals surface area contributed by atoms with E-state index < -0.39 is 27.3 Å². The quantitative estimate of drug-likeness (QED) is 0.329. The van der Waals surface area contributed by atoms with Gasteiger partial charge >= 0.3 is 5.97 Å². The molecular weight excluding hydrogens is 504 g/mol. The van der Waals surface area contributed by atoms with Gasteiger partial charge in [0.1, 0.15) is 12.0 Å². The van der Waals surface area contributed by atoms with Gasteiger partial charge in [-0.25, -0.2) is 0 Å². The summed E-state index contributed by atoms with van der Waals surface area (Å²) in [5.74, 6) is -1.86. The number of hydrogen-bond acceptors (Lipinski definition) is 4. The Morgan fingerprint density at radius 2 is 2.06 bits per heavy atom. The summed E-state index contributed by atoms with van der Waals surface area (Å²) in [6.07, 6.45) is -1.03. The van der Waals surface area contributed by atoms with Crippen LogP contribution in [0, 0.1) is 5.92 Å². The van der Waals surface area contributed by atoms with E-state index in [0.29, 0.717) is 0 Å². The van der Waals surface area contributed by atoms with Crippen molar-refractivity contribution in [3.05, 3.63) is 0 Å². The van der Waals surface area contributed by atoms with Gasteiger partial charge in [0.2, 0.25) is 0 Å². The average Bonchev–Trinajstić information content (AvgIpc) is 2.26. The lowest BCUT2D eigenvalue weighted by Crippen LogP contribution is -2.57. The molecule has 0 aromatic rings. The van der Waals surface area contributed by atoms with E-state index in [1.807, 2.05) is 0 Å². The van der Waals surface area contributed by atoms with E-state index in [1.165, 1.54) is 0 Å². The van der Waals surface area contributed by atoms with Crippen LogP contribution in [0.1, 0.15) is 13.8 Å². The predicted molar refractivity (Wildman–Crippen MR) is 81.7 cm³/mol. The van der Waals surface area contributed by atoms with Crippen LogP contribution in [0.3, 0.4) is 0 Å². The first kappa shape index (κ1) is 17.1. The molecule has 1 saturated heterocycles. The maximum atomic E-state index is 12.4. The van der Waals surface area contributed by atoms with Crippen molar-refractivity contribution in [2.45, 2.75) is 33.0 Å². The summed E-state index contributed by atoms with van der Waals surface area (Å²) in [6, 6.07) is 0. The monoisotopic (exact) mass is 512 g/mol. The van der Waals surface area contributed by atoms with Crippen LogP contribution in [0.15, 0.2) is 0 Å². The molecule has 0 saturated carbocycles. The SMILES string of the molecule is CCOC(=O)C1C(=O)C(Br)(Br)C(C)OC1C(Br)Br. The molecule has 8 heteroatoms. The van der Waals surface area contributed by atoms with Gasteiger partial charge in [0.15, 0.2) is 9.02 Å². The fourth-order valence-corrected chi connectivity index (χ4v) is 3.20. The van der Waals surface area contributed by atoms with Crippen LogP contribution in [0.4, 0.5) is 0 Å². The number of halogens is 4. The molecule has 1 aliphatic rings. The number of carbonyl (C=O) groups excluding carboxylic acids is 2. The standard InChI is InChI=1S/C10H12Br4O4/c1-3-17-9(16)5-6(8(11)12)18-4(2)10(13,14)7(5)15/h4-6,8H,3H2,1-2H3. The summed E-state index contributed by atoms with van der Waals surface area (Å²) in [5.41, 5.74) is 0. The predicted octanol–water partition coefficient (Wildman–Crippen LogP) is 3.12. The largest absolute Gasteiger partial charge is 0.465 e. The van der Waals surface area contributed by atoms with Gasteiger partial charge in [-0.05, 0) is 13.8 Å². The number of alkyl halides is 4. The molecule has 1 rings (SSSR count). The molecule has 0 aromatic heterocycles. The van der Waals surface area contributed by atoms with Crippen molar-refractivity contribution in [2.24, 2.45) is 5.92 Å². The summed E-state index contributed by atoms with van der Waals surface area (Å²) in [4.78, 5) is 24.3. The zero-order valence-corrected chi connectivity index (χ0v) is 16.0. The fourth-order valence-electron chi connectivity index (χ4n) is 1.63. The summed E-state index contributed by atoms with van der Waals surface area (Å²) >= 11 is 13.1. The third-order valence-electron chi connectivity index (χ3n) is 2.60. The second-order valence-electron chi connectivity index (χ2n) is 3.79. The Hall–Kier alpha value is 1.02. The van der Waals surface area contributed by atoms with Gasteiger partial charge in [-0.1, -0.05) is 63.7 Å². The molecule has 1 heterocycles. The summed E-state index contributed by atoms with van der Waals surface area (Å²) in [7, 11) is 0. The number of esters is 1. The molecule has 1 fully saturated rings. The normalized spacial score (nSPS) is 31.5. The van der Waals surface area contributed by atoms with Crippen LogP contribution in [0.25, 0.3) is 0 Å². The highest BCUT2D eigenvalue weighted by Crippen LogP contribution is 2.44. The summed E-state index contributed by atoms with van der Waals surface area (Å²) in [5, 5.41) is 0. The van der Waals surface area contributed by atoms with E-state index >= 15 is 0 Å². The number of rotatable bonds is 3. The van der Waals surface area contributed by atoms with Crippen molar-refractivity contribution >= 4 is 75.5 Å². The molecule has 4 nitrogen and oxygen atoms in total. The Labute approximate surface area is 139 Å². The van der Waals surface area contributed by atoms with Gasteiger partial charge in [0.05, 0.1) is 16.4 Å².